The second kappa shape index (κ2) is 5.18. The molecule has 16 heavy (non-hydrogen) atoms. The lowest BCUT2D eigenvalue weighted by atomic mass is 10.1. The summed E-state index contributed by atoms with van der Waals surface area (Å²) < 4.78 is 0. The van der Waals surface area contributed by atoms with Crippen LogP contribution in [-0.4, -0.2) is 42.4 Å². The molecule has 1 saturated heterocycles. The summed E-state index contributed by atoms with van der Waals surface area (Å²) in [6.45, 7) is 2.75. The number of rotatable bonds is 3. The number of amidine groups is 1. The number of nitrogens with two attached hydrogens (primary N) is 1. The highest BCUT2D eigenvalue weighted by atomic mass is 15.3. The largest absolute Gasteiger partial charge is 0.371 e. The molecular formula is C11H21N5. The molecule has 0 aromatic rings. The first-order chi connectivity index (χ1) is 7.75. The van der Waals surface area contributed by atoms with E-state index >= 15 is 0 Å². The predicted molar refractivity (Wildman–Crippen MR) is 65.8 cm³/mol. The maximum atomic E-state index is 7.71. The minimum absolute atomic E-state index is 0.448. The number of hydrogen-bond acceptors (Lipinski definition) is 4. The van der Waals surface area contributed by atoms with E-state index in [0.717, 1.165) is 38.9 Å². The van der Waals surface area contributed by atoms with Gasteiger partial charge in [0.05, 0.1) is 12.4 Å². The van der Waals surface area contributed by atoms with E-state index in [1.54, 1.807) is 0 Å². The van der Waals surface area contributed by atoms with Gasteiger partial charge >= 0.3 is 0 Å². The van der Waals surface area contributed by atoms with Crippen LogP contribution in [0.5, 0.6) is 0 Å². The molecule has 0 bridgehead atoms. The molecule has 1 unspecified atom stereocenters. The molecule has 0 saturated carbocycles. The average molecular weight is 223 g/mol. The molecule has 1 atom stereocenters. The zero-order valence-corrected chi connectivity index (χ0v) is 9.71. The van der Waals surface area contributed by atoms with E-state index in [-0.39, 0.29) is 0 Å². The number of guanidine groups is 1. The Balaban J connectivity index is 1.76. The second-order valence-corrected chi connectivity index (χ2v) is 4.58. The van der Waals surface area contributed by atoms with Crippen LogP contribution in [0.25, 0.3) is 0 Å². The Bertz CT molecular complexity index is 286. The van der Waals surface area contributed by atoms with E-state index in [4.69, 9.17) is 11.1 Å². The van der Waals surface area contributed by atoms with Gasteiger partial charge in [-0.15, -0.1) is 0 Å². The molecule has 4 N–H and O–H groups in total. The molecule has 2 rings (SSSR count). The first-order valence-electron chi connectivity index (χ1n) is 6.14. The second-order valence-electron chi connectivity index (χ2n) is 4.58. The van der Waals surface area contributed by atoms with Crippen molar-refractivity contribution >= 4 is 11.8 Å². The van der Waals surface area contributed by atoms with Gasteiger partial charge in [-0.1, -0.05) is 6.42 Å². The molecule has 2 aliphatic heterocycles. The van der Waals surface area contributed by atoms with Crippen LogP contribution in [0.15, 0.2) is 4.99 Å². The predicted octanol–water partition coefficient (Wildman–Crippen LogP) is 0.516. The van der Waals surface area contributed by atoms with E-state index in [9.17, 15) is 0 Å². The fourth-order valence-electron chi connectivity index (χ4n) is 2.34. The van der Waals surface area contributed by atoms with Crippen molar-refractivity contribution in [2.75, 3.05) is 19.6 Å². The van der Waals surface area contributed by atoms with Crippen molar-refractivity contribution in [3.8, 4) is 0 Å². The zero-order valence-electron chi connectivity index (χ0n) is 9.71. The van der Waals surface area contributed by atoms with Gasteiger partial charge < -0.3 is 16.0 Å². The van der Waals surface area contributed by atoms with Crippen molar-refractivity contribution in [3.63, 3.8) is 0 Å². The Kier molecular flexibility index (Phi) is 3.64. The molecule has 90 valence electrons. The summed E-state index contributed by atoms with van der Waals surface area (Å²) in [7, 11) is 0. The van der Waals surface area contributed by atoms with Crippen molar-refractivity contribution in [3.05, 3.63) is 0 Å². The molecule has 0 aromatic carbocycles. The Morgan fingerprint density at radius 1 is 1.50 bits per heavy atom. The van der Waals surface area contributed by atoms with Crippen molar-refractivity contribution in [2.24, 2.45) is 10.7 Å². The minimum atomic E-state index is 0.448. The molecule has 0 aromatic heterocycles. The number of hydrogen-bond donors (Lipinski definition) is 3. The monoisotopic (exact) mass is 223 g/mol. The van der Waals surface area contributed by atoms with Gasteiger partial charge in [0.2, 0.25) is 0 Å². The topological polar surface area (TPSA) is 77.5 Å². The summed E-state index contributed by atoms with van der Waals surface area (Å²) >= 11 is 0. The van der Waals surface area contributed by atoms with Gasteiger partial charge in [0.1, 0.15) is 0 Å². The molecule has 0 amide bonds. The van der Waals surface area contributed by atoms with Crippen LogP contribution >= 0.6 is 0 Å². The van der Waals surface area contributed by atoms with Crippen LogP contribution < -0.4 is 11.1 Å². The van der Waals surface area contributed by atoms with E-state index in [2.05, 4.69) is 15.2 Å². The van der Waals surface area contributed by atoms with Gasteiger partial charge in [-0.05, 0) is 19.3 Å². The van der Waals surface area contributed by atoms with Crippen LogP contribution in [0.1, 0.15) is 32.1 Å². The first-order valence-corrected chi connectivity index (χ1v) is 6.14. The van der Waals surface area contributed by atoms with E-state index < -0.39 is 0 Å². The zero-order chi connectivity index (χ0) is 11.4. The lowest BCUT2D eigenvalue weighted by Crippen LogP contribution is -2.39. The molecular weight excluding hydrogens is 202 g/mol. The SMILES string of the molecule is N=C1CCCCC(CCN2CCN=C2N)N1. The minimum Gasteiger partial charge on any atom is -0.371 e. The smallest absolute Gasteiger partial charge is 0.191 e. The van der Waals surface area contributed by atoms with Crippen LogP contribution in [0, 0.1) is 5.41 Å². The lowest BCUT2D eigenvalue weighted by Gasteiger charge is -2.22. The summed E-state index contributed by atoms with van der Waals surface area (Å²) in [6.07, 6.45) is 5.51. The van der Waals surface area contributed by atoms with Crippen LogP contribution in [0.2, 0.25) is 0 Å². The molecule has 2 aliphatic rings. The summed E-state index contributed by atoms with van der Waals surface area (Å²) in [6, 6.07) is 0.448. The normalized spacial score (nSPS) is 26.2. The standard InChI is InChI=1S/C11H21N5/c12-10-4-2-1-3-9(15-10)5-7-16-8-6-14-11(16)13/h9H,1-8H2,(H2,12,15)(H2,13,14). The highest BCUT2D eigenvalue weighted by Crippen LogP contribution is 2.13. The highest BCUT2D eigenvalue weighted by Gasteiger charge is 2.18. The molecule has 5 nitrogen and oxygen atoms in total. The van der Waals surface area contributed by atoms with E-state index in [1.165, 1.54) is 12.8 Å². The molecule has 0 radical (unpaired) electrons. The van der Waals surface area contributed by atoms with Crippen LogP contribution in [0.4, 0.5) is 0 Å². The maximum Gasteiger partial charge on any atom is 0.191 e. The molecule has 0 spiro atoms. The summed E-state index contributed by atoms with van der Waals surface area (Å²) in [5.74, 6) is 1.38. The fourth-order valence-corrected chi connectivity index (χ4v) is 2.34. The Morgan fingerprint density at radius 2 is 2.38 bits per heavy atom. The van der Waals surface area contributed by atoms with Gasteiger partial charge in [-0.2, -0.15) is 0 Å². The van der Waals surface area contributed by atoms with Crippen molar-refractivity contribution in [2.45, 2.75) is 38.1 Å². The Hall–Kier alpha value is -1.26. The van der Waals surface area contributed by atoms with Gasteiger partial charge in [-0.25, -0.2) is 0 Å². The van der Waals surface area contributed by atoms with E-state index in [1.807, 2.05) is 0 Å². The fraction of sp³-hybridized carbons (Fsp3) is 0.818. The quantitative estimate of drug-likeness (QED) is 0.652. The summed E-state index contributed by atoms with van der Waals surface area (Å²) in [5.41, 5.74) is 5.77. The maximum absolute atomic E-state index is 7.71. The third kappa shape index (κ3) is 2.87. The first kappa shape index (κ1) is 11.2. The van der Waals surface area contributed by atoms with Crippen LogP contribution in [0.3, 0.4) is 0 Å². The average Bonchev–Trinajstić information content (AvgIpc) is 2.54. The third-order valence-corrected chi connectivity index (χ3v) is 3.32. The highest BCUT2D eigenvalue weighted by molar-refractivity contribution is 5.80. The summed E-state index contributed by atoms with van der Waals surface area (Å²) in [5, 5.41) is 11.0. The van der Waals surface area contributed by atoms with E-state index in [0.29, 0.717) is 17.8 Å². The van der Waals surface area contributed by atoms with Crippen LogP contribution in [-0.2, 0) is 0 Å². The van der Waals surface area contributed by atoms with Crippen molar-refractivity contribution in [1.29, 1.82) is 5.41 Å². The van der Waals surface area contributed by atoms with Gasteiger partial charge in [0.15, 0.2) is 5.96 Å². The summed E-state index contributed by atoms with van der Waals surface area (Å²) in [4.78, 5) is 6.31. The molecule has 2 heterocycles. The van der Waals surface area contributed by atoms with Crippen molar-refractivity contribution < 1.29 is 0 Å². The Labute approximate surface area is 96.6 Å². The molecule has 5 heteroatoms. The lowest BCUT2D eigenvalue weighted by molar-refractivity contribution is 0.396. The number of aliphatic imine (C=N–C) groups is 1. The number of nitrogens with one attached hydrogen (secondary N) is 2. The molecule has 0 aliphatic carbocycles. The molecule has 1 fully saturated rings. The van der Waals surface area contributed by atoms with Gasteiger partial charge in [0.25, 0.3) is 0 Å². The van der Waals surface area contributed by atoms with Gasteiger partial charge in [-0.3, -0.25) is 10.4 Å². The van der Waals surface area contributed by atoms with Crippen molar-refractivity contribution in [1.82, 2.24) is 10.2 Å². The van der Waals surface area contributed by atoms with Gasteiger partial charge in [0, 0.05) is 25.6 Å². The number of nitrogens with zero attached hydrogens (tertiary/aromatic N) is 2. The Morgan fingerprint density at radius 3 is 3.12 bits per heavy atom. The third-order valence-electron chi connectivity index (χ3n) is 3.32.